The highest BCUT2D eigenvalue weighted by Crippen LogP contribution is 2.22. The molecule has 88 valence electrons. The zero-order valence-corrected chi connectivity index (χ0v) is 10.3. The molecule has 0 saturated carbocycles. The summed E-state index contributed by atoms with van der Waals surface area (Å²) >= 11 is 0. The van der Waals surface area contributed by atoms with Gasteiger partial charge in [-0.05, 0) is 50.9 Å². The van der Waals surface area contributed by atoms with E-state index in [1.165, 1.54) is 31.5 Å². The van der Waals surface area contributed by atoms with E-state index in [0.717, 1.165) is 12.2 Å². The van der Waals surface area contributed by atoms with Crippen LogP contribution in [0.25, 0.3) is 0 Å². The van der Waals surface area contributed by atoms with Crippen LogP contribution in [0.5, 0.6) is 5.75 Å². The minimum Gasteiger partial charge on any atom is -0.496 e. The van der Waals surface area contributed by atoms with Crippen molar-refractivity contribution in [1.29, 1.82) is 0 Å². The SMILES string of the molecule is COc1ccccc1CC(C)N1CCCC1. The fraction of sp³-hybridized carbons (Fsp3) is 0.571. The third kappa shape index (κ3) is 2.56. The van der Waals surface area contributed by atoms with Crippen molar-refractivity contribution in [3.63, 3.8) is 0 Å². The normalized spacial score (nSPS) is 18.6. The van der Waals surface area contributed by atoms with E-state index < -0.39 is 0 Å². The Labute approximate surface area is 98.2 Å². The first kappa shape index (κ1) is 11.5. The third-order valence-electron chi connectivity index (χ3n) is 3.47. The molecule has 2 rings (SSSR count). The van der Waals surface area contributed by atoms with E-state index in [4.69, 9.17) is 4.74 Å². The standard InChI is InChI=1S/C14H21NO/c1-12(15-9-5-6-10-15)11-13-7-3-4-8-14(13)16-2/h3-4,7-8,12H,5-6,9-11H2,1-2H3. The van der Waals surface area contributed by atoms with Gasteiger partial charge in [0.2, 0.25) is 0 Å². The van der Waals surface area contributed by atoms with Crippen molar-refractivity contribution in [3.8, 4) is 5.75 Å². The number of methoxy groups -OCH3 is 1. The van der Waals surface area contributed by atoms with Gasteiger partial charge in [0.25, 0.3) is 0 Å². The number of benzene rings is 1. The maximum absolute atomic E-state index is 5.39. The lowest BCUT2D eigenvalue weighted by Gasteiger charge is -2.24. The fourth-order valence-electron chi connectivity index (χ4n) is 2.50. The second-order valence-corrected chi connectivity index (χ2v) is 4.61. The van der Waals surface area contributed by atoms with E-state index in [0.29, 0.717) is 6.04 Å². The molecule has 1 atom stereocenters. The van der Waals surface area contributed by atoms with Crippen LogP contribution in [0.2, 0.25) is 0 Å². The van der Waals surface area contributed by atoms with Gasteiger partial charge in [0.1, 0.15) is 5.75 Å². The Morgan fingerprint density at radius 1 is 1.25 bits per heavy atom. The van der Waals surface area contributed by atoms with E-state index in [-0.39, 0.29) is 0 Å². The molecule has 0 aliphatic carbocycles. The Balaban J connectivity index is 2.01. The van der Waals surface area contributed by atoms with Gasteiger partial charge in [-0.2, -0.15) is 0 Å². The van der Waals surface area contributed by atoms with Crippen molar-refractivity contribution >= 4 is 0 Å². The first-order valence-electron chi connectivity index (χ1n) is 6.17. The maximum Gasteiger partial charge on any atom is 0.122 e. The van der Waals surface area contributed by atoms with Crippen LogP contribution in [0, 0.1) is 0 Å². The number of ether oxygens (including phenoxy) is 1. The minimum atomic E-state index is 0.624. The average Bonchev–Trinajstić information content (AvgIpc) is 2.83. The Morgan fingerprint density at radius 3 is 2.62 bits per heavy atom. The second kappa shape index (κ2) is 5.35. The molecule has 1 saturated heterocycles. The number of para-hydroxylation sites is 1. The summed E-state index contributed by atoms with van der Waals surface area (Å²) in [7, 11) is 1.75. The van der Waals surface area contributed by atoms with Gasteiger partial charge in [0.05, 0.1) is 7.11 Å². The summed E-state index contributed by atoms with van der Waals surface area (Å²) in [6.45, 7) is 4.84. The fourth-order valence-corrected chi connectivity index (χ4v) is 2.50. The topological polar surface area (TPSA) is 12.5 Å². The summed E-state index contributed by atoms with van der Waals surface area (Å²) in [6, 6.07) is 8.97. The Kier molecular flexibility index (Phi) is 3.83. The van der Waals surface area contributed by atoms with Crippen LogP contribution in [0.15, 0.2) is 24.3 Å². The van der Waals surface area contributed by atoms with Crippen LogP contribution < -0.4 is 4.74 Å². The van der Waals surface area contributed by atoms with Gasteiger partial charge in [-0.15, -0.1) is 0 Å². The van der Waals surface area contributed by atoms with Crippen molar-refractivity contribution in [2.45, 2.75) is 32.2 Å². The highest BCUT2D eigenvalue weighted by atomic mass is 16.5. The molecule has 2 heteroatoms. The summed E-state index contributed by atoms with van der Waals surface area (Å²) < 4.78 is 5.39. The maximum atomic E-state index is 5.39. The van der Waals surface area contributed by atoms with Gasteiger partial charge >= 0.3 is 0 Å². The lowest BCUT2D eigenvalue weighted by atomic mass is 10.1. The van der Waals surface area contributed by atoms with Crippen molar-refractivity contribution < 1.29 is 4.74 Å². The third-order valence-corrected chi connectivity index (χ3v) is 3.47. The number of likely N-dealkylation sites (tertiary alicyclic amines) is 1. The van der Waals surface area contributed by atoms with Crippen LogP contribution in [0.1, 0.15) is 25.3 Å². The smallest absolute Gasteiger partial charge is 0.122 e. The predicted octanol–water partition coefficient (Wildman–Crippen LogP) is 2.72. The Morgan fingerprint density at radius 2 is 1.94 bits per heavy atom. The summed E-state index contributed by atoms with van der Waals surface area (Å²) in [5.74, 6) is 1.02. The highest BCUT2D eigenvalue weighted by Gasteiger charge is 2.19. The number of hydrogen-bond donors (Lipinski definition) is 0. The molecule has 0 amide bonds. The molecule has 1 aliphatic rings. The van der Waals surface area contributed by atoms with Crippen LogP contribution in [-0.2, 0) is 6.42 Å². The zero-order valence-electron chi connectivity index (χ0n) is 10.3. The van der Waals surface area contributed by atoms with Crippen molar-refractivity contribution in [2.75, 3.05) is 20.2 Å². The van der Waals surface area contributed by atoms with Gasteiger partial charge in [-0.25, -0.2) is 0 Å². The molecule has 16 heavy (non-hydrogen) atoms. The minimum absolute atomic E-state index is 0.624. The van der Waals surface area contributed by atoms with E-state index in [2.05, 4.69) is 24.0 Å². The van der Waals surface area contributed by atoms with Crippen LogP contribution in [-0.4, -0.2) is 31.1 Å². The van der Waals surface area contributed by atoms with Gasteiger partial charge in [0.15, 0.2) is 0 Å². The van der Waals surface area contributed by atoms with Gasteiger partial charge in [-0.3, -0.25) is 0 Å². The summed E-state index contributed by atoms with van der Waals surface area (Å²) in [5, 5.41) is 0. The van der Waals surface area contributed by atoms with E-state index in [9.17, 15) is 0 Å². The van der Waals surface area contributed by atoms with Gasteiger partial charge in [-0.1, -0.05) is 18.2 Å². The molecule has 2 nitrogen and oxygen atoms in total. The van der Waals surface area contributed by atoms with E-state index in [1.54, 1.807) is 7.11 Å². The van der Waals surface area contributed by atoms with Crippen LogP contribution in [0.4, 0.5) is 0 Å². The van der Waals surface area contributed by atoms with Crippen molar-refractivity contribution in [3.05, 3.63) is 29.8 Å². The highest BCUT2D eigenvalue weighted by molar-refractivity contribution is 5.33. The van der Waals surface area contributed by atoms with E-state index >= 15 is 0 Å². The lowest BCUT2D eigenvalue weighted by Crippen LogP contribution is -2.31. The molecule has 1 unspecified atom stereocenters. The Hall–Kier alpha value is -1.02. The summed E-state index contributed by atoms with van der Waals surface area (Å²) in [6.07, 6.45) is 3.80. The second-order valence-electron chi connectivity index (χ2n) is 4.61. The molecular formula is C14H21NO. The number of hydrogen-bond acceptors (Lipinski definition) is 2. The molecule has 1 aliphatic heterocycles. The van der Waals surface area contributed by atoms with Crippen molar-refractivity contribution in [1.82, 2.24) is 4.90 Å². The molecule has 1 heterocycles. The molecule has 0 spiro atoms. The molecule has 0 aromatic heterocycles. The molecule has 0 radical (unpaired) electrons. The quantitative estimate of drug-likeness (QED) is 0.772. The molecular weight excluding hydrogens is 198 g/mol. The first-order valence-corrected chi connectivity index (χ1v) is 6.17. The van der Waals surface area contributed by atoms with Gasteiger partial charge in [0, 0.05) is 6.04 Å². The molecule has 0 N–H and O–H groups in total. The predicted molar refractivity (Wildman–Crippen MR) is 67.0 cm³/mol. The first-order chi connectivity index (χ1) is 7.81. The molecule has 1 fully saturated rings. The summed E-state index contributed by atoms with van der Waals surface area (Å²) in [5.41, 5.74) is 1.32. The van der Waals surface area contributed by atoms with E-state index in [1.807, 2.05) is 12.1 Å². The molecule has 1 aromatic carbocycles. The lowest BCUT2D eigenvalue weighted by molar-refractivity contribution is 0.256. The molecule has 0 bridgehead atoms. The zero-order chi connectivity index (χ0) is 11.4. The molecule has 1 aromatic rings. The summed E-state index contributed by atoms with van der Waals surface area (Å²) in [4.78, 5) is 2.58. The largest absolute Gasteiger partial charge is 0.496 e. The van der Waals surface area contributed by atoms with Gasteiger partial charge < -0.3 is 9.64 Å². The van der Waals surface area contributed by atoms with Crippen molar-refractivity contribution in [2.24, 2.45) is 0 Å². The average molecular weight is 219 g/mol. The Bertz CT molecular complexity index is 331. The number of nitrogens with zero attached hydrogens (tertiary/aromatic N) is 1. The van der Waals surface area contributed by atoms with Crippen LogP contribution >= 0.6 is 0 Å². The number of rotatable bonds is 4. The monoisotopic (exact) mass is 219 g/mol. The van der Waals surface area contributed by atoms with Crippen LogP contribution in [0.3, 0.4) is 0 Å².